The fraction of sp³-hybridized carbons (Fsp3) is 0.267. The predicted molar refractivity (Wildman–Crippen MR) is 81.6 cm³/mol. The molecule has 1 aromatic heterocycles. The van der Waals surface area contributed by atoms with Gasteiger partial charge in [-0.1, -0.05) is 35.3 Å². The van der Waals surface area contributed by atoms with Crippen molar-refractivity contribution in [1.82, 2.24) is 10.3 Å². The van der Waals surface area contributed by atoms with Gasteiger partial charge in [0.25, 0.3) is 0 Å². The summed E-state index contributed by atoms with van der Waals surface area (Å²) < 4.78 is 5.91. The summed E-state index contributed by atoms with van der Waals surface area (Å²) in [6, 6.07) is 9.46. The first kappa shape index (κ1) is 13.7. The van der Waals surface area contributed by atoms with E-state index in [2.05, 4.69) is 10.3 Å². The molecule has 2 aromatic rings. The van der Waals surface area contributed by atoms with E-state index in [4.69, 9.17) is 27.9 Å². The molecule has 1 atom stereocenters. The molecule has 1 fully saturated rings. The number of nitrogens with zero attached hydrogens (tertiary/aromatic N) is 1. The molecule has 0 spiro atoms. The lowest BCUT2D eigenvalue weighted by atomic mass is 10.1. The molecule has 1 N–H and O–H groups in total. The first-order valence-corrected chi connectivity index (χ1v) is 7.27. The average Bonchev–Trinajstić information content (AvgIpc) is 2.94. The lowest BCUT2D eigenvalue weighted by Crippen LogP contribution is -2.19. The van der Waals surface area contributed by atoms with E-state index in [9.17, 15) is 0 Å². The number of hydrogen-bond acceptors (Lipinski definition) is 3. The second-order valence-corrected chi connectivity index (χ2v) is 5.55. The van der Waals surface area contributed by atoms with Gasteiger partial charge in [-0.05, 0) is 36.7 Å². The highest BCUT2D eigenvalue weighted by Gasteiger charge is 2.17. The summed E-state index contributed by atoms with van der Waals surface area (Å²) in [6.45, 7) is 1.86. The van der Waals surface area contributed by atoms with Crippen LogP contribution in [0.5, 0.6) is 5.75 Å². The molecule has 1 aliphatic rings. The number of aromatic nitrogens is 1. The smallest absolute Gasteiger partial charge is 0.138 e. The third kappa shape index (κ3) is 3.06. The number of rotatable bonds is 3. The molecule has 2 heterocycles. The normalized spacial score (nSPS) is 18.2. The van der Waals surface area contributed by atoms with Crippen molar-refractivity contribution in [3.05, 3.63) is 46.7 Å². The largest absolute Gasteiger partial charge is 0.487 e. The van der Waals surface area contributed by atoms with Gasteiger partial charge in [0, 0.05) is 17.1 Å². The van der Waals surface area contributed by atoms with Gasteiger partial charge in [-0.3, -0.25) is 0 Å². The average molecular weight is 309 g/mol. The van der Waals surface area contributed by atoms with Gasteiger partial charge in [0.15, 0.2) is 0 Å². The molecular formula is C15H14Cl2N2O. The van der Waals surface area contributed by atoms with Crippen LogP contribution in [0.4, 0.5) is 0 Å². The van der Waals surface area contributed by atoms with Gasteiger partial charge in [0.1, 0.15) is 17.0 Å². The molecule has 3 rings (SSSR count). The zero-order chi connectivity index (χ0) is 13.9. The maximum atomic E-state index is 6.18. The topological polar surface area (TPSA) is 34.1 Å². The van der Waals surface area contributed by atoms with Crippen LogP contribution in [0.15, 0.2) is 36.5 Å². The minimum atomic E-state index is 0.199. The van der Waals surface area contributed by atoms with Gasteiger partial charge in [-0.25, -0.2) is 4.98 Å². The van der Waals surface area contributed by atoms with Crippen LogP contribution in [0, 0.1) is 0 Å². The Hall–Kier alpha value is -1.29. The number of benzene rings is 1. The number of pyridine rings is 1. The van der Waals surface area contributed by atoms with E-state index in [-0.39, 0.29) is 6.10 Å². The van der Waals surface area contributed by atoms with Crippen LogP contribution < -0.4 is 10.1 Å². The van der Waals surface area contributed by atoms with E-state index < -0.39 is 0 Å². The summed E-state index contributed by atoms with van der Waals surface area (Å²) >= 11 is 12.2. The van der Waals surface area contributed by atoms with Crippen molar-refractivity contribution in [2.75, 3.05) is 13.1 Å². The zero-order valence-corrected chi connectivity index (χ0v) is 12.3. The van der Waals surface area contributed by atoms with Crippen LogP contribution in [0.2, 0.25) is 10.2 Å². The Kier molecular flexibility index (Phi) is 4.10. The molecule has 5 heteroatoms. The molecule has 0 bridgehead atoms. The van der Waals surface area contributed by atoms with Gasteiger partial charge in [0.2, 0.25) is 0 Å². The highest BCUT2D eigenvalue weighted by atomic mass is 35.5. The Morgan fingerprint density at radius 1 is 1.25 bits per heavy atom. The monoisotopic (exact) mass is 308 g/mol. The summed E-state index contributed by atoms with van der Waals surface area (Å²) in [6.07, 6.45) is 2.87. The van der Waals surface area contributed by atoms with Crippen molar-refractivity contribution >= 4 is 23.2 Å². The molecule has 0 aliphatic carbocycles. The van der Waals surface area contributed by atoms with Crippen molar-refractivity contribution in [2.45, 2.75) is 12.5 Å². The Labute approximate surface area is 127 Å². The SMILES string of the molecule is Clc1cccc(-c2cc(O[C@@H]3CCNC3)cnc2Cl)c1. The number of halogens is 2. The molecule has 1 aliphatic heterocycles. The van der Waals surface area contributed by atoms with Gasteiger partial charge >= 0.3 is 0 Å². The number of ether oxygens (including phenoxy) is 1. The summed E-state index contributed by atoms with van der Waals surface area (Å²) in [5, 5.41) is 4.39. The highest BCUT2D eigenvalue weighted by molar-refractivity contribution is 6.32. The van der Waals surface area contributed by atoms with Gasteiger partial charge in [-0.15, -0.1) is 0 Å². The summed E-state index contributed by atoms with van der Waals surface area (Å²) in [4.78, 5) is 4.20. The summed E-state index contributed by atoms with van der Waals surface area (Å²) in [7, 11) is 0. The molecule has 0 unspecified atom stereocenters. The van der Waals surface area contributed by atoms with Crippen LogP contribution in [-0.2, 0) is 0 Å². The molecule has 0 saturated carbocycles. The maximum absolute atomic E-state index is 6.18. The van der Waals surface area contributed by atoms with Gasteiger partial charge < -0.3 is 10.1 Å². The third-order valence-corrected chi connectivity index (χ3v) is 3.80. The molecule has 0 radical (unpaired) electrons. The second kappa shape index (κ2) is 6.00. The van der Waals surface area contributed by atoms with Gasteiger partial charge in [0.05, 0.1) is 6.20 Å². The third-order valence-electron chi connectivity index (χ3n) is 3.27. The standard InChI is InChI=1S/C15H14Cl2N2O/c16-11-3-1-2-10(6-11)14-7-13(9-19-15(14)17)20-12-4-5-18-8-12/h1-3,6-7,9,12,18H,4-5,8H2/t12-/m1/s1. The summed E-state index contributed by atoms with van der Waals surface area (Å²) in [5.74, 6) is 0.734. The molecule has 20 heavy (non-hydrogen) atoms. The Balaban J connectivity index is 1.90. The van der Waals surface area contributed by atoms with E-state index in [1.54, 1.807) is 6.20 Å². The lowest BCUT2D eigenvalue weighted by molar-refractivity contribution is 0.222. The number of nitrogens with one attached hydrogen (secondary N) is 1. The Morgan fingerprint density at radius 3 is 2.90 bits per heavy atom. The van der Waals surface area contributed by atoms with E-state index in [1.807, 2.05) is 30.3 Å². The quantitative estimate of drug-likeness (QED) is 0.876. The van der Waals surface area contributed by atoms with Crippen LogP contribution in [0.25, 0.3) is 11.1 Å². The van der Waals surface area contributed by atoms with Crippen molar-refractivity contribution < 1.29 is 4.74 Å². The molecule has 104 valence electrons. The minimum Gasteiger partial charge on any atom is -0.487 e. The molecule has 1 aromatic carbocycles. The Bertz CT molecular complexity index is 613. The Morgan fingerprint density at radius 2 is 2.15 bits per heavy atom. The fourth-order valence-corrected chi connectivity index (χ4v) is 2.68. The van der Waals surface area contributed by atoms with Crippen molar-refractivity contribution in [3.8, 4) is 16.9 Å². The fourth-order valence-electron chi connectivity index (χ4n) is 2.27. The summed E-state index contributed by atoms with van der Waals surface area (Å²) in [5.41, 5.74) is 1.77. The first-order valence-electron chi connectivity index (χ1n) is 6.51. The van der Waals surface area contributed by atoms with E-state index in [0.29, 0.717) is 10.2 Å². The van der Waals surface area contributed by atoms with Crippen LogP contribution in [-0.4, -0.2) is 24.2 Å². The second-order valence-electron chi connectivity index (χ2n) is 4.75. The van der Waals surface area contributed by atoms with Crippen LogP contribution in [0.3, 0.4) is 0 Å². The van der Waals surface area contributed by atoms with Gasteiger partial charge in [-0.2, -0.15) is 0 Å². The van der Waals surface area contributed by atoms with Crippen molar-refractivity contribution in [2.24, 2.45) is 0 Å². The predicted octanol–water partition coefficient (Wildman–Crippen LogP) is 3.80. The van der Waals surface area contributed by atoms with E-state index in [0.717, 1.165) is 36.4 Å². The minimum absolute atomic E-state index is 0.199. The highest BCUT2D eigenvalue weighted by Crippen LogP contribution is 2.31. The molecular weight excluding hydrogens is 295 g/mol. The van der Waals surface area contributed by atoms with Crippen LogP contribution >= 0.6 is 23.2 Å². The van der Waals surface area contributed by atoms with Crippen molar-refractivity contribution in [3.63, 3.8) is 0 Å². The molecule has 0 amide bonds. The lowest BCUT2D eigenvalue weighted by Gasteiger charge is -2.13. The molecule has 1 saturated heterocycles. The zero-order valence-electron chi connectivity index (χ0n) is 10.8. The van der Waals surface area contributed by atoms with E-state index >= 15 is 0 Å². The van der Waals surface area contributed by atoms with Crippen molar-refractivity contribution in [1.29, 1.82) is 0 Å². The number of hydrogen-bond donors (Lipinski definition) is 1. The van der Waals surface area contributed by atoms with E-state index in [1.165, 1.54) is 0 Å². The van der Waals surface area contributed by atoms with Crippen LogP contribution in [0.1, 0.15) is 6.42 Å². The molecule has 3 nitrogen and oxygen atoms in total. The maximum Gasteiger partial charge on any atom is 0.138 e. The first-order chi connectivity index (χ1) is 9.72.